The van der Waals surface area contributed by atoms with E-state index in [0.29, 0.717) is 12.6 Å². The lowest BCUT2D eigenvalue weighted by atomic mass is 10.1. The fourth-order valence-corrected chi connectivity index (χ4v) is 4.24. The molecule has 0 bridgehead atoms. The summed E-state index contributed by atoms with van der Waals surface area (Å²) in [6.45, 7) is 5.59. The van der Waals surface area contributed by atoms with Crippen molar-refractivity contribution >= 4 is 22.3 Å². The minimum atomic E-state index is 0.432. The maximum atomic E-state index is 5.52. The minimum Gasteiger partial charge on any atom is -0.493 e. The molecule has 0 saturated carbocycles. The summed E-state index contributed by atoms with van der Waals surface area (Å²) >= 11 is 1.81. The molecule has 0 amide bonds. The molecule has 2 N–H and O–H groups in total. The second-order valence-corrected chi connectivity index (χ2v) is 7.63. The van der Waals surface area contributed by atoms with Crippen LogP contribution >= 0.6 is 11.3 Å². The van der Waals surface area contributed by atoms with Gasteiger partial charge in [0.15, 0.2) is 17.5 Å². The third-order valence-corrected chi connectivity index (χ3v) is 5.82. The van der Waals surface area contributed by atoms with Crippen LogP contribution < -0.4 is 25.0 Å². The van der Waals surface area contributed by atoms with Crippen molar-refractivity contribution in [3.8, 4) is 11.5 Å². The fraction of sp³-hybridized carbons (Fsp3) is 0.476. The maximum Gasteiger partial charge on any atom is 0.191 e. The predicted octanol–water partition coefficient (Wildman–Crippen LogP) is 3.49. The molecule has 2 aromatic rings. The van der Waals surface area contributed by atoms with E-state index in [0.717, 1.165) is 55.5 Å². The summed E-state index contributed by atoms with van der Waals surface area (Å²) in [4.78, 5) is 7.24. The van der Waals surface area contributed by atoms with Gasteiger partial charge in [-0.3, -0.25) is 0 Å². The van der Waals surface area contributed by atoms with E-state index >= 15 is 0 Å². The lowest BCUT2D eigenvalue weighted by Gasteiger charge is -2.33. The smallest absolute Gasteiger partial charge is 0.191 e. The van der Waals surface area contributed by atoms with Crippen molar-refractivity contribution in [2.24, 2.45) is 4.99 Å². The number of thiophene rings is 1. The molecule has 2 heterocycles. The van der Waals surface area contributed by atoms with Gasteiger partial charge in [0.1, 0.15) is 0 Å². The molecular formula is C21H30N4O2S. The van der Waals surface area contributed by atoms with Gasteiger partial charge in [-0.05, 0) is 43.3 Å². The summed E-state index contributed by atoms with van der Waals surface area (Å²) in [6.07, 6.45) is 2.20. The Hall–Kier alpha value is -2.41. The summed E-state index contributed by atoms with van der Waals surface area (Å²) in [5, 5.41) is 10.5. The topological polar surface area (TPSA) is 58.1 Å². The molecule has 1 aromatic heterocycles. The molecule has 1 aromatic carbocycles. The van der Waals surface area contributed by atoms with Crippen molar-refractivity contribution in [1.29, 1.82) is 0 Å². The Morgan fingerprint density at radius 1 is 1.18 bits per heavy atom. The number of benzene rings is 1. The van der Waals surface area contributed by atoms with Crippen LogP contribution in [0.4, 0.5) is 5.00 Å². The maximum absolute atomic E-state index is 5.52. The van der Waals surface area contributed by atoms with Gasteiger partial charge in [-0.15, -0.1) is 11.3 Å². The van der Waals surface area contributed by atoms with Gasteiger partial charge < -0.3 is 25.0 Å². The number of hydrogen-bond donors (Lipinski definition) is 2. The van der Waals surface area contributed by atoms with Crippen LogP contribution in [0.1, 0.15) is 25.3 Å². The van der Waals surface area contributed by atoms with Gasteiger partial charge in [-0.1, -0.05) is 12.1 Å². The fourth-order valence-electron chi connectivity index (χ4n) is 3.45. The van der Waals surface area contributed by atoms with Crippen LogP contribution in [0, 0.1) is 0 Å². The van der Waals surface area contributed by atoms with Crippen LogP contribution in [-0.4, -0.2) is 45.9 Å². The van der Waals surface area contributed by atoms with Gasteiger partial charge in [-0.25, -0.2) is 4.99 Å². The van der Waals surface area contributed by atoms with E-state index in [1.165, 1.54) is 5.00 Å². The molecule has 152 valence electrons. The monoisotopic (exact) mass is 402 g/mol. The van der Waals surface area contributed by atoms with Gasteiger partial charge in [0.25, 0.3) is 0 Å². The molecule has 1 aliphatic rings. The highest BCUT2D eigenvalue weighted by Gasteiger charge is 2.20. The Bertz CT molecular complexity index is 756. The van der Waals surface area contributed by atoms with Crippen LogP contribution in [0.15, 0.2) is 40.7 Å². The zero-order chi connectivity index (χ0) is 19.8. The molecule has 7 heteroatoms. The van der Waals surface area contributed by atoms with E-state index in [1.807, 2.05) is 29.5 Å². The first-order chi connectivity index (χ1) is 13.7. The predicted molar refractivity (Wildman–Crippen MR) is 117 cm³/mol. The highest BCUT2D eigenvalue weighted by atomic mass is 32.1. The molecule has 3 rings (SSSR count). The van der Waals surface area contributed by atoms with Crippen molar-refractivity contribution in [2.75, 3.05) is 38.8 Å². The van der Waals surface area contributed by atoms with Crippen LogP contribution in [0.3, 0.4) is 0 Å². The number of nitrogens with one attached hydrogen (secondary N) is 2. The molecule has 6 nitrogen and oxygen atoms in total. The van der Waals surface area contributed by atoms with Crippen molar-refractivity contribution in [3.63, 3.8) is 0 Å². The SMILES string of the molecule is CCNC(=NCc1cccc(OC)c1OC)NC1CCN(c2cccs2)CC1. The Morgan fingerprint density at radius 3 is 2.64 bits per heavy atom. The number of ether oxygens (including phenoxy) is 2. The number of rotatable bonds is 7. The molecule has 0 aliphatic carbocycles. The summed E-state index contributed by atoms with van der Waals surface area (Å²) in [7, 11) is 3.31. The van der Waals surface area contributed by atoms with Crippen molar-refractivity contribution < 1.29 is 9.47 Å². The summed E-state index contributed by atoms with van der Waals surface area (Å²) in [6, 6.07) is 10.6. The average Bonchev–Trinajstić information content (AvgIpc) is 3.27. The Morgan fingerprint density at radius 2 is 2.00 bits per heavy atom. The number of methoxy groups -OCH3 is 2. The number of anilines is 1. The number of piperidine rings is 1. The number of aliphatic imine (C=N–C) groups is 1. The average molecular weight is 403 g/mol. The summed E-state index contributed by atoms with van der Waals surface area (Å²) in [5.74, 6) is 2.32. The van der Waals surface area contributed by atoms with Crippen molar-refractivity contribution in [1.82, 2.24) is 10.6 Å². The van der Waals surface area contributed by atoms with E-state index in [9.17, 15) is 0 Å². The van der Waals surface area contributed by atoms with Gasteiger partial charge >= 0.3 is 0 Å². The van der Waals surface area contributed by atoms with E-state index in [4.69, 9.17) is 14.5 Å². The quantitative estimate of drug-likeness (QED) is 0.548. The Kier molecular flexibility index (Phi) is 7.42. The van der Waals surface area contributed by atoms with Crippen molar-refractivity contribution in [2.45, 2.75) is 32.4 Å². The second kappa shape index (κ2) is 10.2. The second-order valence-electron chi connectivity index (χ2n) is 6.70. The molecule has 28 heavy (non-hydrogen) atoms. The van der Waals surface area contributed by atoms with Crippen LogP contribution in [-0.2, 0) is 6.54 Å². The zero-order valence-corrected chi connectivity index (χ0v) is 17.7. The van der Waals surface area contributed by atoms with Crippen molar-refractivity contribution in [3.05, 3.63) is 41.3 Å². The molecule has 1 aliphatic heterocycles. The number of para-hydroxylation sites is 1. The lowest BCUT2D eigenvalue weighted by molar-refractivity contribution is 0.352. The van der Waals surface area contributed by atoms with E-state index < -0.39 is 0 Å². The standard InChI is InChI=1S/C21H30N4O2S/c1-4-22-21(23-15-16-7-5-8-18(26-2)20(16)27-3)24-17-10-12-25(13-11-17)19-9-6-14-28-19/h5-9,14,17H,4,10-13,15H2,1-3H3,(H2,22,23,24). The van der Waals surface area contributed by atoms with Crippen LogP contribution in [0.5, 0.6) is 11.5 Å². The van der Waals surface area contributed by atoms with E-state index in [-0.39, 0.29) is 0 Å². The lowest BCUT2D eigenvalue weighted by Crippen LogP contribution is -2.48. The van der Waals surface area contributed by atoms with Crippen LogP contribution in [0.2, 0.25) is 0 Å². The number of guanidine groups is 1. The third-order valence-electron chi connectivity index (χ3n) is 4.89. The summed E-state index contributed by atoms with van der Waals surface area (Å²) in [5.41, 5.74) is 1.01. The third kappa shape index (κ3) is 5.10. The molecule has 1 fully saturated rings. The van der Waals surface area contributed by atoms with Crippen LogP contribution in [0.25, 0.3) is 0 Å². The molecular weight excluding hydrogens is 372 g/mol. The molecule has 0 radical (unpaired) electrons. The highest BCUT2D eigenvalue weighted by molar-refractivity contribution is 7.14. The summed E-state index contributed by atoms with van der Waals surface area (Å²) < 4.78 is 10.9. The van der Waals surface area contributed by atoms with E-state index in [2.05, 4.69) is 40.0 Å². The normalized spacial score (nSPS) is 15.4. The molecule has 0 spiro atoms. The molecule has 1 saturated heterocycles. The Balaban J connectivity index is 1.61. The highest BCUT2D eigenvalue weighted by Crippen LogP contribution is 2.31. The Labute approximate surface area is 171 Å². The number of nitrogens with zero attached hydrogens (tertiary/aromatic N) is 2. The molecule has 0 unspecified atom stereocenters. The first-order valence-corrected chi connectivity index (χ1v) is 10.7. The largest absolute Gasteiger partial charge is 0.493 e. The minimum absolute atomic E-state index is 0.432. The van der Waals surface area contributed by atoms with Gasteiger partial charge in [0.05, 0.1) is 25.8 Å². The number of hydrogen-bond acceptors (Lipinski definition) is 5. The first kappa shape index (κ1) is 20.3. The first-order valence-electron chi connectivity index (χ1n) is 9.78. The van der Waals surface area contributed by atoms with E-state index in [1.54, 1.807) is 14.2 Å². The van der Waals surface area contributed by atoms with Gasteiger partial charge in [-0.2, -0.15) is 0 Å². The zero-order valence-electron chi connectivity index (χ0n) is 16.9. The molecule has 0 atom stereocenters. The van der Waals surface area contributed by atoms with Gasteiger partial charge in [0, 0.05) is 31.2 Å². The van der Waals surface area contributed by atoms with Gasteiger partial charge in [0.2, 0.25) is 0 Å².